The van der Waals surface area contributed by atoms with E-state index in [4.69, 9.17) is 0 Å². The predicted octanol–water partition coefficient (Wildman–Crippen LogP) is 1.06. The Morgan fingerprint density at radius 1 is 1.50 bits per heavy atom. The fourth-order valence-electron chi connectivity index (χ4n) is 1.95. The molecular weight excluding hydrogens is 266 g/mol. The Kier molecular flexibility index (Phi) is 3.83. The molecule has 0 bridgehead atoms. The second-order valence-electron chi connectivity index (χ2n) is 4.26. The third kappa shape index (κ3) is 2.85. The van der Waals surface area contributed by atoms with Crippen LogP contribution in [0.25, 0.3) is 0 Å². The minimum absolute atomic E-state index is 0.134. The molecule has 0 saturated heterocycles. The van der Waals surface area contributed by atoms with Gasteiger partial charge in [0.15, 0.2) is 0 Å². The van der Waals surface area contributed by atoms with Gasteiger partial charge in [-0.3, -0.25) is 19.7 Å². The molecule has 0 saturated carbocycles. The summed E-state index contributed by atoms with van der Waals surface area (Å²) in [6, 6.07) is 2.88. The first-order valence-corrected chi connectivity index (χ1v) is 5.93. The molecule has 8 heteroatoms. The summed E-state index contributed by atoms with van der Waals surface area (Å²) in [6.45, 7) is -0.190. The Bertz CT molecular complexity index is 585. The summed E-state index contributed by atoms with van der Waals surface area (Å²) in [4.78, 5) is 32.9. The van der Waals surface area contributed by atoms with E-state index in [9.17, 15) is 19.7 Å². The van der Waals surface area contributed by atoms with Gasteiger partial charge >= 0.3 is 5.97 Å². The average molecular weight is 279 g/mol. The smallest absolute Gasteiger partial charge is 0.325 e. The van der Waals surface area contributed by atoms with Crippen LogP contribution in [-0.2, 0) is 20.7 Å². The molecule has 1 aromatic carbocycles. The number of rotatable bonds is 4. The van der Waals surface area contributed by atoms with E-state index >= 15 is 0 Å². The lowest BCUT2D eigenvalue weighted by molar-refractivity contribution is -0.384. The van der Waals surface area contributed by atoms with Crippen LogP contribution in [0.4, 0.5) is 17.1 Å². The molecule has 0 fully saturated rings. The molecule has 0 aromatic heterocycles. The first-order chi connectivity index (χ1) is 9.51. The summed E-state index contributed by atoms with van der Waals surface area (Å²) in [5.74, 6) is -0.675. The van der Waals surface area contributed by atoms with Crippen LogP contribution in [0.3, 0.4) is 0 Å². The Hall–Kier alpha value is -2.64. The Morgan fingerprint density at radius 2 is 2.25 bits per heavy atom. The van der Waals surface area contributed by atoms with Gasteiger partial charge in [0.2, 0.25) is 5.91 Å². The molecule has 20 heavy (non-hydrogen) atoms. The van der Waals surface area contributed by atoms with Crippen molar-refractivity contribution in [3.8, 4) is 0 Å². The summed E-state index contributed by atoms with van der Waals surface area (Å²) in [5, 5.41) is 16.3. The minimum Gasteiger partial charge on any atom is -0.468 e. The number of carbonyl (C=O) groups is 2. The van der Waals surface area contributed by atoms with Crippen LogP contribution >= 0.6 is 0 Å². The maximum Gasteiger partial charge on any atom is 0.325 e. The largest absolute Gasteiger partial charge is 0.468 e. The van der Waals surface area contributed by atoms with Gasteiger partial charge in [-0.2, -0.15) is 0 Å². The molecule has 1 amide bonds. The van der Waals surface area contributed by atoms with E-state index in [0.717, 1.165) is 0 Å². The van der Waals surface area contributed by atoms with Crippen molar-refractivity contribution in [2.45, 2.75) is 12.8 Å². The maximum absolute atomic E-state index is 11.3. The molecule has 1 aromatic rings. The zero-order chi connectivity index (χ0) is 14.7. The summed E-state index contributed by atoms with van der Waals surface area (Å²) >= 11 is 0. The number of amides is 1. The lowest BCUT2D eigenvalue weighted by Crippen LogP contribution is -2.20. The number of nitro benzene ring substituents is 1. The first kappa shape index (κ1) is 13.8. The molecule has 1 aliphatic rings. The zero-order valence-electron chi connectivity index (χ0n) is 10.8. The molecule has 106 valence electrons. The number of fused-ring (bicyclic) bond motifs is 1. The molecule has 0 spiro atoms. The monoisotopic (exact) mass is 279 g/mol. The number of nitrogens with one attached hydrogen (secondary N) is 2. The maximum atomic E-state index is 11.3. The molecule has 2 rings (SSSR count). The molecule has 0 unspecified atom stereocenters. The SMILES string of the molecule is COC(=O)CNc1cc2c(cc1[N+](=O)[O-])CCC(=O)N2. The highest BCUT2D eigenvalue weighted by molar-refractivity contribution is 5.95. The van der Waals surface area contributed by atoms with Gasteiger partial charge < -0.3 is 15.4 Å². The van der Waals surface area contributed by atoms with Crippen LogP contribution in [0.15, 0.2) is 12.1 Å². The second-order valence-corrected chi connectivity index (χ2v) is 4.26. The number of ether oxygens (including phenoxy) is 1. The van der Waals surface area contributed by atoms with Crippen molar-refractivity contribution in [3.05, 3.63) is 27.8 Å². The van der Waals surface area contributed by atoms with E-state index in [1.165, 1.54) is 19.2 Å². The molecule has 0 atom stereocenters. The number of hydrogen-bond acceptors (Lipinski definition) is 6. The summed E-state index contributed by atoms with van der Waals surface area (Å²) in [6.07, 6.45) is 0.762. The number of nitrogens with zero attached hydrogens (tertiary/aromatic N) is 1. The Labute approximate surface area is 114 Å². The van der Waals surface area contributed by atoms with Crippen molar-refractivity contribution in [2.24, 2.45) is 0 Å². The minimum atomic E-state index is -0.541. The van der Waals surface area contributed by atoms with Gasteiger partial charge in [-0.1, -0.05) is 0 Å². The van der Waals surface area contributed by atoms with Crippen LogP contribution < -0.4 is 10.6 Å². The van der Waals surface area contributed by atoms with Crippen molar-refractivity contribution >= 4 is 28.9 Å². The standard InChI is InChI=1S/C12H13N3O5/c1-20-12(17)6-13-9-5-8-7(2-3-11(16)14-8)4-10(9)15(18)19/h4-5,13H,2-3,6H2,1H3,(H,14,16). The number of carbonyl (C=O) groups excluding carboxylic acids is 2. The molecule has 8 nitrogen and oxygen atoms in total. The lowest BCUT2D eigenvalue weighted by Gasteiger charge is -2.18. The summed E-state index contributed by atoms with van der Waals surface area (Å²) in [7, 11) is 1.23. The Balaban J connectivity index is 2.33. The number of hydrogen-bond donors (Lipinski definition) is 2. The van der Waals surface area contributed by atoms with Crippen LogP contribution in [0.2, 0.25) is 0 Å². The zero-order valence-corrected chi connectivity index (χ0v) is 10.8. The fraction of sp³-hybridized carbons (Fsp3) is 0.333. The third-order valence-corrected chi connectivity index (χ3v) is 2.96. The predicted molar refractivity (Wildman–Crippen MR) is 70.6 cm³/mol. The van der Waals surface area contributed by atoms with E-state index in [2.05, 4.69) is 15.4 Å². The van der Waals surface area contributed by atoms with Crippen molar-refractivity contribution in [2.75, 3.05) is 24.3 Å². The van der Waals surface area contributed by atoms with Gasteiger partial charge in [0.05, 0.1) is 12.0 Å². The molecule has 0 radical (unpaired) electrons. The Morgan fingerprint density at radius 3 is 2.90 bits per heavy atom. The van der Waals surface area contributed by atoms with Crippen LogP contribution in [0, 0.1) is 10.1 Å². The van der Waals surface area contributed by atoms with Gasteiger partial charge in [0, 0.05) is 18.2 Å². The molecular formula is C12H13N3O5. The number of nitro groups is 1. The van der Waals surface area contributed by atoms with E-state index < -0.39 is 10.9 Å². The number of aryl methyl sites for hydroxylation is 1. The molecule has 0 aliphatic carbocycles. The van der Waals surface area contributed by atoms with Gasteiger partial charge in [-0.15, -0.1) is 0 Å². The summed E-state index contributed by atoms with van der Waals surface area (Å²) in [5.41, 5.74) is 1.27. The fourth-order valence-corrected chi connectivity index (χ4v) is 1.95. The normalized spacial score (nSPS) is 13.2. The molecule has 1 aliphatic heterocycles. The molecule has 2 N–H and O–H groups in total. The van der Waals surface area contributed by atoms with Crippen molar-refractivity contribution < 1.29 is 19.2 Å². The highest BCUT2D eigenvalue weighted by Crippen LogP contribution is 2.33. The highest BCUT2D eigenvalue weighted by atomic mass is 16.6. The quantitative estimate of drug-likeness (QED) is 0.484. The first-order valence-electron chi connectivity index (χ1n) is 5.93. The van der Waals surface area contributed by atoms with Gasteiger partial charge in [-0.25, -0.2) is 0 Å². The number of benzene rings is 1. The van der Waals surface area contributed by atoms with Crippen LogP contribution in [-0.4, -0.2) is 30.5 Å². The summed E-state index contributed by atoms with van der Waals surface area (Å²) < 4.78 is 4.46. The highest BCUT2D eigenvalue weighted by Gasteiger charge is 2.22. The van der Waals surface area contributed by atoms with E-state index in [0.29, 0.717) is 24.1 Å². The van der Waals surface area contributed by atoms with Crippen LogP contribution in [0.1, 0.15) is 12.0 Å². The van der Waals surface area contributed by atoms with E-state index in [1.54, 1.807) is 0 Å². The second kappa shape index (κ2) is 5.55. The van der Waals surface area contributed by atoms with Gasteiger partial charge in [-0.05, 0) is 18.1 Å². The van der Waals surface area contributed by atoms with E-state index in [-0.39, 0.29) is 23.8 Å². The van der Waals surface area contributed by atoms with E-state index in [1.807, 2.05) is 0 Å². The van der Waals surface area contributed by atoms with Crippen molar-refractivity contribution in [1.29, 1.82) is 0 Å². The average Bonchev–Trinajstić information content (AvgIpc) is 2.43. The molecule has 1 heterocycles. The van der Waals surface area contributed by atoms with Gasteiger partial charge in [0.25, 0.3) is 5.69 Å². The number of esters is 1. The van der Waals surface area contributed by atoms with Crippen LogP contribution in [0.5, 0.6) is 0 Å². The number of anilines is 2. The topological polar surface area (TPSA) is 111 Å². The third-order valence-electron chi connectivity index (χ3n) is 2.96. The van der Waals surface area contributed by atoms with Gasteiger partial charge in [0.1, 0.15) is 12.2 Å². The van der Waals surface area contributed by atoms with Crippen molar-refractivity contribution in [3.63, 3.8) is 0 Å². The number of methoxy groups -OCH3 is 1. The lowest BCUT2D eigenvalue weighted by atomic mass is 10.0. The van der Waals surface area contributed by atoms with Crippen molar-refractivity contribution in [1.82, 2.24) is 0 Å².